The van der Waals surface area contributed by atoms with Crippen molar-refractivity contribution in [3.63, 3.8) is 0 Å². The molecule has 2 unspecified atom stereocenters. The van der Waals surface area contributed by atoms with Crippen LogP contribution in [0.15, 0.2) is 6.33 Å². The summed E-state index contributed by atoms with van der Waals surface area (Å²) < 4.78 is 38.1. The summed E-state index contributed by atoms with van der Waals surface area (Å²) in [6, 6.07) is 0. The Morgan fingerprint density at radius 1 is 1.37 bits per heavy atom. The summed E-state index contributed by atoms with van der Waals surface area (Å²) in [5, 5.41) is 0. The monoisotopic (exact) mass is 442 g/mol. The summed E-state index contributed by atoms with van der Waals surface area (Å²) in [5.41, 5.74) is 10.7. The molecule has 2 aliphatic heterocycles. The first-order valence-corrected chi connectivity index (χ1v) is 11.4. The van der Waals surface area contributed by atoms with Crippen molar-refractivity contribution in [3.8, 4) is 0 Å². The SMILES string of the molecule is CC(C)OC[C@]12CO[C@@H](C1OP(=O)(O)C(C)C)[C@H](n1cnc3c(N)nc(N)nc31)O2. The fraction of sp³-hybridized carbons (Fsp3) is 0.706. The lowest BCUT2D eigenvalue weighted by atomic mass is 10.0. The Labute approximate surface area is 173 Å². The van der Waals surface area contributed by atoms with Crippen molar-refractivity contribution >= 4 is 30.5 Å². The van der Waals surface area contributed by atoms with E-state index in [9.17, 15) is 9.46 Å². The Morgan fingerprint density at radius 3 is 2.77 bits per heavy atom. The molecule has 4 rings (SSSR count). The molecule has 0 aromatic carbocycles. The molecule has 5 N–H and O–H groups in total. The first-order chi connectivity index (χ1) is 14.0. The molecular formula is C17H27N6O6P. The summed E-state index contributed by atoms with van der Waals surface area (Å²) in [6.07, 6.45) is -0.818. The van der Waals surface area contributed by atoms with Crippen molar-refractivity contribution < 1.29 is 28.2 Å². The Morgan fingerprint density at radius 2 is 2.10 bits per heavy atom. The van der Waals surface area contributed by atoms with Gasteiger partial charge in [-0.25, -0.2) is 4.98 Å². The van der Waals surface area contributed by atoms with Gasteiger partial charge in [0.15, 0.2) is 17.7 Å². The Hall–Kier alpha value is -1.82. The van der Waals surface area contributed by atoms with E-state index in [1.807, 2.05) is 13.8 Å². The van der Waals surface area contributed by atoms with E-state index in [2.05, 4.69) is 15.0 Å². The van der Waals surface area contributed by atoms with Crippen LogP contribution in [0.5, 0.6) is 0 Å². The maximum atomic E-state index is 12.7. The molecule has 12 nitrogen and oxygen atoms in total. The van der Waals surface area contributed by atoms with E-state index in [1.165, 1.54) is 6.33 Å². The molecule has 2 aliphatic rings. The summed E-state index contributed by atoms with van der Waals surface area (Å²) >= 11 is 0. The van der Waals surface area contributed by atoms with Crippen molar-refractivity contribution in [3.05, 3.63) is 6.33 Å². The predicted octanol–water partition coefficient (Wildman–Crippen LogP) is 1.06. The molecule has 2 aromatic heterocycles. The third-order valence-electron chi connectivity index (χ3n) is 5.29. The maximum absolute atomic E-state index is 12.7. The number of nitrogens with two attached hydrogens (primary N) is 2. The highest BCUT2D eigenvalue weighted by Crippen LogP contribution is 2.56. The standard InChI is InChI=1S/C17H27N6O6P/c1-8(2)26-5-17-6-27-11(12(17)29-30(24,25)9(3)4)15(28-17)23-7-20-10-13(18)21-16(19)22-14(10)23/h7-9,11-12,15H,5-6H2,1-4H3,(H,24,25)(H4,18,19,21,22)/t11-,12?,15+,17-/m0/s1. The van der Waals surface area contributed by atoms with Crippen LogP contribution in [-0.2, 0) is 23.3 Å². The summed E-state index contributed by atoms with van der Waals surface area (Å²) in [6.45, 7) is 7.33. The molecule has 2 fully saturated rings. The lowest BCUT2D eigenvalue weighted by molar-refractivity contribution is -0.195. The van der Waals surface area contributed by atoms with Crippen LogP contribution >= 0.6 is 7.60 Å². The van der Waals surface area contributed by atoms with Crippen LogP contribution < -0.4 is 11.5 Å². The number of anilines is 2. The van der Waals surface area contributed by atoms with Gasteiger partial charge >= 0.3 is 7.60 Å². The number of aromatic nitrogens is 4. The number of fused-ring (bicyclic) bond motifs is 3. The second-order valence-corrected chi connectivity index (χ2v) is 10.6. The second kappa shape index (κ2) is 7.40. The van der Waals surface area contributed by atoms with Crippen LogP contribution in [0, 0.1) is 0 Å². The van der Waals surface area contributed by atoms with Crippen LogP contribution in [0.25, 0.3) is 11.2 Å². The molecule has 5 atom stereocenters. The maximum Gasteiger partial charge on any atom is 0.331 e. The Kier molecular flexibility index (Phi) is 5.28. The molecule has 166 valence electrons. The van der Waals surface area contributed by atoms with Gasteiger partial charge in [0.25, 0.3) is 0 Å². The highest BCUT2D eigenvalue weighted by molar-refractivity contribution is 7.53. The minimum atomic E-state index is -3.91. The highest BCUT2D eigenvalue weighted by atomic mass is 31.2. The highest BCUT2D eigenvalue weighted by Gasteiger charge is 2.65. The zero-order valence-corrected chi connectivity index (χ0v) is 18.2. The summed E-state index contributed by atoms with van der Waals surface area (Å²) in [4.78, 5) is 22.8. The third kappa shape index (κ3) is 3.47. The van der Waals surface area contributed by atoms with Crippen LogP contribution in [-0.4, -0.2) is 67.2 Å². The van der Waals surface area contributed by atoms with Crippen molar-refractivity contribution in [1.82, 2.24) is 19.5 Å². The molecule has 2 saturated heterocycles. The number of imidazole rings is 1. The molecule has 0 radical (unpaired) electrons. The van der Waals surface area contributed by atoms with Gasteiger partial charge in [-0.05, 0) is 13.8 Å². The van der Waals surface area contributed by atoms with Gasteiger partial charge in [-0.2, -0.15) is 9.97 Å². The molecule has 4 heterocycles. The first-order valence-electron chi connectivity index (χ1n) is 9.71. The van der Waals surface area contributed by atoms with Gasteiger partial charge in [-0.15, -0.1) is 0 Å². The van der Waals surface area contributed by atoms with Crippen LogP contribution in [0.4, 0.5) is 11.8 Å². The average molecular weight is 442 g/mol. The van der Waals surface area contributed by atoms with Gasteiger partial charge in [0.05, 0.1) is 31.3 Å². The number of hydrogen-bond acceptors (Lipinski definition) is 10. The topological polar surface area (TPSA) is 170 Å². The molecule has 0 spiro atoms. The van der Waals surface area contributed by atoms with Crippen molar-refractivity contribution in [2.75, 3.05) is 24.7 Å². The normalized spacial score (nSPS) is 30.6. The molecule has 0 aliphatic carbocycles. The fourth-order valence-electron chi connectivity index (χ4n) is 3.61. The molecule has 0 saturated carbocycles. The van der Waals surface area contributed by atoms with Gasteiger partial charge in [0, 0.05) is 0 Å². The Bertz CT molecular complexity index is 999. The quantitative estimate of drug-likeness (QED) is 0.524. The zero-order chi connectivity index (χ0) is 21.8. The number of rotatable bonds is 7. The lowest BCUT2D eigenvalue weighted by Gasteiger charge is -2.32. The minimum Gasteiger partial charge on any atom is -0.382 e. The van der Waals surface area contributed by atoms with Crippen molar-refractivity contribution in [2.45, 2.75) is 63.5 Å². The average Bonchev–Trinajstić information content (AvgIpc) is 3.30. The minimum absolute atomic E-state index is 0.00357. The molecule has 0 amide bonds. The van der Waals surface area contributed by atoms with Crippen LogP contribution in [0.2, 0.25) is 0 Å². The molecule has 2 aromatic rings. The van der Waals surface area contributed by atoms with Gasteiger partial charge in [0.2, 0.25) is 5.95 Å². The van der Waals surface area contributed by atoms with Crippen LogP contribution in [0.1, 0.15) is 33.9 Å². The summed E-state index contributed by atoms with van der Waals surface area (Å²) in [5.74, 6) is 0.141. The molecule has 30 heavy (non-hydrogen) atoms. The third-order valence-corrected chi connectivity index (χ3v) is 7.13. The lowest BCUT2D eigenvalue weighted by Crippen LogP contribution is -2.46. The second-order valence-electron chi connectivity index (χ2n) is 8.18. The van der Waals surface area contributed by atoms with E-state index in [0.717, 1.165) is 0 Å². The molecular weight excluding hydrogens is 415 g/mol. The fourth-order valence-corrected chi connectivity index (χ4v) is 4.49. The van der Waals surface area contributed by atoms with Gasteiger partial charge in [-0.3, -0.25) is 13.7 Å². The largest absolute Gasteiger partial charge is 0.382 e. The smallest absolute Gasteiger partial charge is 0.331 e. The van der Waals surface area contributed by atoms with E-state index < -0.39 is 37.3 Å². The van der Waals surface area contributed by atoms with E-state index in [0.29, 0.717) is 11.2 Å². The van der Waals surface area contributed by atoms with E-state index in [-0.39, 0.29) is 31.1 Å². The first kappa shape index (κ1) is 21.4. The number of nitrogen functional groups attached to an aromatic ring is 2. The number of hydrogen-bond donors (Lipinski definition) is 3. The van der Waals surface area contributed by atoms with Crippen LogP contribution in [0.3, 0.4) is 0 Å². The van der Waals surface area contributed by atoms with Gasteiger partial charge < -0.3 is 30.6 Å². The van der Waals surface area contributed by atoms with Gasteiger partial charge in [0.1, 0.15) is 23.3 Å². The number of ether oxygens (including phenoxy) is 3. The number of nitrogens with zero attached hydrogens (tertiary/aromatic N) is 4. The molecule has 2 bridgehead atoms. The summed E-state index contributed by atoms with van der Waals surface area (Å²) in [7, 11) is -3.91. The van der Waals surface area contributed by atoms with E-state index in [4.69, 9.17) is 30.2 Å². The van der Waals surface area contributed by atoms with E-state index in [1.54, 1.807) is 18.4 Å². The van der Waals surface area contributed by atoms with Crippen molar-refractivity contribution in [2.24, 2.45) is 0 Å². The van der Waals surface area contributed by atoms with E-state index >= 15 is 0 Å². The predicted molar refractivity (Wildman–Crippen MR) is 108 cm³/mol. The van der Waals surface area contributed by atoms with Gasteiger partial charge in [-0.1, -0.05) is 13.8 Å². The van der Waals surface area contributed by atoms with Crippen molar-refractivity contribution in [1.29, 1.82) is 0 Å². The molecule has 13 heteroatoms. The zero-order valence-electron chi connectivity index (χ0n) is 17.3. The Balaban J connectivity index is 1.73.